The smallest absolute Gasteiger partial charge is 0.216 e. The summed E-state index contributed by atoms with van der Waals surface area (Å²) in [4.78, 5) is 20.8. The van der Waals surface area contributed by atoms with Crippen LogP contribution in [0.1, 0.15) is 59.1 Å². The fourth-order valence-electron chi connectivity index (χ4n) is 4.68. The molecule has 0 amide bonds. The third-order valence-corrected chi connectivity index (χ3v) is 7.08. The first kappa shape index (κ1) is 30.3. The molecule has 0 aliphatic carbocycles. The Labute approximate surface area is 242 Å². The van der Waals surface area contributed by atoms with Crippen LogP contribution in [0.4, 0.5) is 0 Å². The van der Waals surface area contributed by atoms with Crippen LogP contribution in [0.2, 0.25) is 0 Å². The van der Waals surface area contributed by atoms with Crippen LogP contribution in [0.5, 0.6) is 0 Å². The zero-order valence-electron chi connectivity index (χ0n) is 23.1. The average molecular weight is 704 g/mol. The normalized spacial score (nSPS) is 11.7. The molecular weight excluding hydrogens is 669 g/mol. The summed E-state index contributed by atoms with van der Waals surface area (Å²) in [6.45, 7) is 10.0. The molecule has 4 heterocycles. The van der Waals surface area contributed by atoms with Gasteiger partial charge in [0.1, 0.15) is 0 Å². The third-order valence-electron chi connectivity index (χ3n) is 7.08. The average Bonchev–Trinajstić information content (AvgIpc) is 3.54. The van der Waals surface area contributed by atoms with Crippen molar-refractivity contribution in [2.24, 2.45) is 11.8 Å². The van der Waals surface area contributed by atoms with E-state index in [4.69, 9.17) is 8.83 Å². The molecule has 39 heavy (non-hydrogen) atoms. The zero-order chi connectivity index (χ0) is 27.2. The maximum absolute atomic E-state index is 11.7. The van der Waals surface area contributed by atoms with Crippen molar-refractivity contribution in [3.63, 3.8) is 0 Å². The van der Waals surface area contributed by atoms with E-state index in [-0.39, 0.29) is 43.5 Å². The van der Waals surface area contributed by atoms with Crippen molar-refractivity contribution in [2.75, 3.05) is 0 Å². The fourth-order valence-corrected chi connectivity index (χ4v) is 4.68. The number of rotatable bonds is 8. The topological polar surface area (TPSA) is 89.4 Å². The standard InChI is InChI=1S/C19H11N2O2.C13H24O2.Ir/c1-11-5-6-13-12-3-2-4-14(18(12)23-19(13)20-11)15-7-8-17-16(21-15)9-10-22-17;1-5-10(6-2)12(14)9-13(15)11(7-3)8-4;/h2-3,5-10H,1H3;9-11,14H,5-8H2,1-4H3;/q-1;;/b;12-9-;. The first-order valence-corrected chi connectivity index (χ1v) is 13.4. The minimum absolute atomic E-state index is 0. The van der Waals surface area contributed by atoms with Crippen molar-refractivity contribution in [1.29, 1.82) is 0 Å². The van der Waals surface area contributed by atoms with E-state index in [0.29, 0.717) is 5.71 Å². The number of fused-ring (bicyclic) bond motifs is 4. The van der Waals surface area contributed by atoms with Crippen molar-refractivity contribution in [3.05, 3.63) is 72.3 Å². The molecule has 6 nitrogen and oxygen atoms in total. The quantitative estimate of drug-likeness (QED) is 0.0988. The van der Waals surface area contributed by atoms with E-state index in [1.54, 1.807) is 6.26 Å². The number of allylic oxidation sites excluding steroid dienone is 2. The Bertz CT molecular complexity index is 1580. The first-order valence-electron chi connectivity index (χ1n) is 13.4. The van der Waals surface area contributed by atoms with Gasteiger partial charge in [0.2, 0.25) is 5.71 Å². The Balaban J connectivity index is 0.000000233. The Morgan fingerprint density at radius 2 is 1.67 bits per heavy atom. The van der Waals surface area contributed by atoms with Crippen LogP contribution in [-0.4, -0.2) is 20.9 Å². The van der Waals surface area contributed by atoms with Crippen LogP contribution in [0, 0.1) is 24.8 Å². The molecule has 207 valence electrons. The van der Waals surface area contributed by atoms with Gasteiger partial charge in [0.05, 0.1) is 23.1 Å². The van der Waals surface area contributed by atoms with Crippen LogP contribution >= 0.6 is 0 Å². The summed E-state index contributed by atoms with van der Waals surface area (Å²) in [5, 5.41) is 11.8. The molecule has 7 heteroatoms. The molecule has 5 rings (SSSR count). The monoisotopic (exact) mass is 704 g/mol. The molecule has 0 saturated carbocycles. The predicted molar refractivity (Wildman–Crippen MR) is 152 cm³/mol. The zero-order valence-corrected chi connectivity index (χ0v) is 25.5. The summed E-state index contributed by atoms with van der Waals surface area (Å²) in [7, 11) is 0. The number of carbonyl (C=O) groups is 1. The summed E-state index contributed by atoms with van der Waals surface area (Å²) in [6.07, 6.45) is 6.54. The first-order chi connectivity index (χ1) is 18.4. The molecule has 4 aromatic heterocycles. The van der Waals surface area contributed by atoms with Gasteiger partial charge < -0.3 is 13.9 Å². The van der Waals surface area contributed by atoms with Crippen LogP contribution in [0.3, 0.4) is 0 Å². The number of aromatic nitrogens is 2. The molecule has 0 bridgehead atoms. The van der Waals surface area contributed by atoms with E-state index in [2.05, 4.69) is 16.0 Å². The Morgan fingerprint density at radius 3 is 2.36 bits per heavy atom. The van der Waals surface area contributed by atoms with Gasteiger partial charge in [0.25, 0.3) is 0 Å². The summed E-state index contributed by atoms with van der Waals surface area (Å²) < 4.78 is 11.4. The molecule has 1 N–H and O–H groups in total. The molecule has 0 unspecified atom stereocenters. The SMILES string of the molecule is CCC(CC)C(=O)/C=C(\O)C(CC)CC.Cc1ccc2c(n1)oc1c(-c3ccc4occc4n3)[c-]ccc12.[Ir]. The molecule has 0 saturated heterocycles. The number of aliphatic hydroxyl groups is 1. The number of carbonyl (C=O) groups excluding carboxylic acids is 1. The summed E-state index contributed by atoms with van der Waals surface area (Å²) in [5.41, 5.74) is 5.56. The molecule has 0 spiro atoms. The third kappa shape index (κ3) is 6.66. The second-order valence-corrected chi connectivity index (χ2v) is 9.50. The van der Waals surface area contributed by atoms with Crippen LogP contribution in [-0.2, 0) is 24.9 Å². The van der Waals surface area contributed by atoms with Crippen LogP contribution in [0.15, 0.2) is 69.4 Å². The molecule has 0 aliphatic heterocycles. The van der Waals surface area contributed by atoms with Gasteiger partial charge in [-0.25, -0.2) is 4.98 Å². The Morgan fingerprint density at radius 1 is 0.949 bits per heavy atom. The summed E-state index contributed by atoms with van der Waals surface area (Å²) in [6, 6.07) is 16.9. The van der Waals surface area contributed by atoms with Gasteiger partial charge in [-0.05, 0) is 56.5 Å². The van der Waals surface area contributed by atoms with Gasteiger partial charge in [-0.15, -0.1) is 18.2 Å². The molecule has 1 aromatic carbocycles. The molecule has 5 aromatic rings. The Hall–Kier alpha value is -3.28. The van der Waals surface area contributed by atoms with Crippen molar-refractivity contribution in [2.45, 2.75) is 60.3 Å². The number of pyridine rings is 2. The Kier molecular flexibility index (Phi) is 10.6. The van der Waals surface area contributed by atoms with Gasteiger partial charge in [0, 0.05) is 55.2 Å². The number of ketones is 1. The minimum Gasteiger partial charge on any atom is -0.512 e. The fraction of sp³-hybridized carbons (Fsp3) is 0.344. The number of furan rings is 2. The van der Waals surface area contributed by atoms with Gasteiger partial charge in [0.15, 0.2) is 11.4 Å². The molecular formula is C32H35IrN2O4-. The second-order valence-electron chi connectivity index (χ2n) is 9.50. The van der Waals surface area contributed by atoms with Crippen LogP contribution in [0.25, 0.3) is 44.4 Å². The molecule has 0 aliphatic rings. The molecule has 0 atom stereocenters. The van der Waals surface area contributed by atoms with E-state index in [1.165, 1.54) is 6.08 Å². The second kappa shape index (κ2) is 13.7. The van der Waals surface area contributed by atoms with Gasteiger partial charge in [-0.3, -0.25) is 9.78 Å². The van der Waals surface area contributed by atoms with E-state index < -0.39 is 0 Å². The van der Waals surface area contributed by atoms with E-state index >= 15 is 0 Å². The number of aliphatic hydroxyl groups excluding tert-OH is 1. The van der Waals surface area contributed by atoms with Crippen molar-refractivity contribution in [1.82, 2.24) is 9.97 Å². The van der Waals surface area contributed by atoms with Gasteiger partial charge in [-0.2, -0.15) is 0 Å². The van der Waals surface area contributed by atoms with Gasteiger partial charge >= 0.3 is 0 Å². The van der Waals surface area contributed by atoms with Crippen LogP contribution < -0.4 is 0 Å². The van der Waals surface area contributed by atoms with Crippen molar-refractivity contribution in [3.8, 4) is 11.3 Å². The van der Waals surface area contributed by atoms with Crippen molar-refractivity contribution < 1.29 is 38.8 Å². The van der Waals surface area contributed by atoms with E-state index in [9.17, 15) is 9.90 Å². The van der Waals surface area contributed by atoms with Crippen molar-refractivity contribution >= 4 is 39.0 Å². The maximum Gasteiger partial charge on any atom is 0.216 e. The molecule has 1 radical (unpaired) electrons. The largest absolute Gasteiger partial charge is 0.512 e. The predicted octanol–water partition coefficient (Wildman–Crippen LogP) is 8.77. The van der Waals surface area contributed by atoms with E-state index in [1.807, 2.05) is 77.1 Å². The minimum atomic E-state index is 0. The van der Waals surface area contributed by atoms with E-state index in [0.717, 1.165) is 70.1 Å². The number of benzene rings is 1. The number of nitrogens with zero attached hydrogens (tertiary/aromatic N) is 2. The number of hydrogen-bond donors (Lipinski definition) is 1. The maximum atomic E-state index is 11.7. The molecule has 0 fully saturated rings. The summed E-state index contributed by atoms with van der Waals surface area (Å²) in [5.74, 6) is 0.547. The number of hydrogen-bond acceptors (Lipinski definition) is 6. The summed E-state index contributed by atoms with van der Waals surface area (Å²) >= 11 is 0. The van der Waals surface area contributed by atoms with Gasteiger partial charge in [-0.1, -0.05) is 44.7 Å². The number of aryl methyl sites for hydroxylation is 1.